The maximum atomic E-state index is 13.3. The molecule has 1 aliphatic rings. The minimum Gasteiger partial charge on any atom is -0.455 e. The number of ether oxygens (including phenoxy) is 2. The van der Waals surface area contributed by atoms with Crippen LogP contribution in [0, 0.1) is 5.82 Å². The molecular weight excluding hydrogens is 387 g/mol. The van der Waals surface area contributed by atoms with Crippen molar-refractivity contribution >= 4 is 23.6 Å². The lowest BCUT2D eigenvalue weighted by Crippen LogP contribution is -2.25. The zero-order valence-electron chi connectivity index (χ0n) is 15.4. The van der Waals surface area contributed by atoms with E-state index in [-0.39, 0.29) is 30.2 Å². The van der Waals surface area contributed by atoms with Gasteiger partial charge in [-0.25, -0.2) is 4.39 Å². The van der Waals surface area contributed by atoms with Gasteiger partial charge in [-0.15, -0.1) is 10.2 Å². The van der Waals surface area contributed by atoms with Gasteiger partial charge in [0.15, 0.2) is 17.6 Å². The van der Waals surface area contributed by atoms with Crippen LogP contribution in [0.4, 0.5) is 4.39 Å². The van der Waals surface area contributed by atoms with E-state index in [0.717, 1.165) is 18.4 Å². The highest BCUT2D eigenvalue weighted by atomic mass is 32.2. The minimum absolute atomic E-state index is 0.00985. The first-order chi connectivity index (χ1) is 13.6. The summed E-state index contributed by atoms with van der Waals surface area (Å²) in [6.07, 6.45) is 1.96. The molecule has 1 fully saturated rings. The van der Waals surface area contributed by atoms with Crippen LogP contribution >= 0.6 is 11.8 Å². The summed E-state index contributed by atoms with van der Waals surface area (Å²) < 4.78 is 25.7. The topological polar surface area (TPSA) is 95.3 Å². The minimum atomic E-state index is -0.524. The normalized spacial score (nSPS) is 16.1. The summed E-state index contributed by atoms with van der Waals surface area (Å²) in [5, 5.41) is 11.3. The van der Waals surface area contributed by atoms with E-state index in [1.807, 2.05) is 4.57 Å². The van der Waals surface area contributed by atoms with Gasteiger partial charge in [0.2, 0.25) is 0 Å². The first-order valence-corrected chi connectivity index (χ1v) is 9.85. The number of benzene rings is 1. The molecule has 10 heteroatoms. The number of nitrogens with one attached hydrogen (secondary N) is 1. The van der Waals surface area contributed by atoms with Crippen molar-refractivity contribution in [1.29, 1.82) is 0 Å². The predicted molar refractivity (Wildman–Crippen MR) is 100 cm³/mol. The van der Waals surface area contributed by atoms with Crippen LogP contribution in [0.25, 0.3) is 11.4 Å². The van der Waals surface area contributed by atoms with Gasteiger partial charge in [0.05, 0.1) is 18.4 Å². The molecule has 3 rings (SSSR count). The second kappa shape index (κ2) is 9.65. The van der Waals surface area contributed by atoms with Gasteiger partial charge in [-0.05, 0) is 37.1 Å². The predicted octanol–water partition coefficient (Wildman–Crippen LogP) is 1.64. The Bertz CT molecular complexity index is 821. The molecule has 1 aromatic heterocycles. The first kappa shape index (κ1) is 20.3. The third kappa shape index (κ3) is 5.29. The smallest absolute Gasteiger partial charge is 0.316 e. The number of aromatic nitrogens is 3. The molecule has 8 nitrogen and oxygen atoms in total. The monoisotopic (exact) mass is 408 g/mol. The zero-order valence-corrected chi connectivity index (χ0v) is 16.2. The molecule has 150 valence electrons. The molecule has 0 radical (unpaired) electrons. The molecule has 0 saturated carbocycles. The number of halogens is 1. The summed E-state index contributed by atoms with van der Waals surface area (Å²) in [5.74, 6) is -0.661. The second-order valence-electron chi connectivity index (χ2n) is 6.18. The number of thioether (sulfide) groups is 1. The molecule has 0 aliphatic carbocycles. The largest absolute Gasteiger partial charge is 0.455 e. The molecule has 1 aliphatic heterocycles. The quantitative estimate of drug-likeness (QED) is 0.524. The fourth-order valence-electron chi connectivity index (χ4n) is 2.75. The van der Waals surface area contributed by atoms with E-state index >= 15 is 0 Å². The van der Waals surface area contributed by atoms with E-state index < -0.39 is 5.97 Å². The maximum absolute atomic E-state index is 13.3. The summed E-state index contributed by atoms with van der Waals surface area (Å²) >= 11 is 1.17. The maximum Gasteiger partial charge on any atom is 0.316 e. The molecule has 0 bridgehead atoms. The molecule has 28 heavy (non-hydrogen) atoms. The molecule has 2 aromatic rings. The van der Waals surface area contributed by atoms with Gasteiger partial charge in [0.1, 0.15) is 5.82 Å². The Morgan fingerprint density at radius 2 is 2.14 bits per heavy atom. The van der Waals surface area contributed by atoms with Crippen molar-refractivity contribution in [3.8, 4) is 11.4 Å². The Balaban J connectivity index is 1.73. The van der Waals surface area contributed by atoms with Gasteiger partial charge in [0, 0.05) is 19.2 Å². The number of rotatable bonds is 8. The number of amides is 1. The Hall–Kier alpha value is -2.46. The highest BCUT2D eigenvalue weighted by Gasteiger charge is 2.22. The average molecular weight is 408 g/mol. The van der Waals surface area contributed by atoms with Crippen LogP contribution in [0.2, 0.25) is 0 Å². The highest BCUT2D eigenvalue weighted by Crippen LogP contribution is 2.26. The number of carbonyl (C=O) groups excluding carboxylic acids is 2. The number of esters is 1. The lowest BCUT2D eigenvalue weighted by atomic mass is 10.2. The lowest BCUT2D eigenvalue weighted by molar-refractivity contribution is -0.145. The third-order valence-electron chi connectivity index (χ3n) is 4.19. The van der Waals surface area contributed by atoms with E-state index in [2.05, 4.69) is 15.5 Å². The fraction of sp³-hybridized carbons (Fsp3) is 0.444. The van der Waals surface area contributed by atoms with Crippen LogP contribution in [0.3, 0.4) is 0 Å². The van der Waals surface area contributed by atoms with Gasteiger partial charge >= 0.3 is 5.97 Å². The highest BCUT2D eigenvalue weighted by molar-refractivity contribution is 7.99. The summed E-state index contributed by atoms with van der Waals surface area (Å²) in [7, 11) is 1.47. The van der Waals surface area contributed by atoms with E-state index in [1.165, 1.54) is 30.9 Å². The van der Waals surface area contributed by atoms with Crippen molar-refractivity contribution in [3.63, 3.8) is 0 Å². The second-order valence-corrected chi connectivity index (χ2v) is 7.12. The Labute approximate surface area is 165 Å². The summed E-state index contributed by atoms with van der Waals surface area (Å²) in [4.78, 5) is 23.0. The molecule has 0 unspecified atom stereocenters. The fourth-order valence-corrected chi connectivity index (χ4v) is 3.49. The van der Waals surface area contributed by atoms with E-state index in [9.17, 15) is 14.0 Å². The van der Waals surface area contributed by atoms with Crippen LogP contribution in [0.1, 0.15) is 12.8 Å². The van der Waals surface area contributed by atoms with Gasteiger partial charge in [-0.3, -0.25) is 14.2 Å². The van der Waals surface area contributed by atoms with Gasteiger partial charge < -0.3 is 14.8 Å². The van der Waals surface area contributed by atoms with Crippen molar-refractivity contribution in [1.82, 2.24) is 20.1 Å². The van der Waals surface area contributed by atoms with E-state index in [4.69, 9.17) is 9.47 Å². The summed E-state index contributed by atoms with van der Waals surface area (Å²) in [5.41, 5.74) is 0.723. The molecular formula is C18H21FN4O4S. The number of carbonyl (C=O) groups is 2. The Morgan fingerprint density at radius 1 is 1.36 bits per heavy atom. The Kier molecular flexibility index (Phi) is 6.99. The van der Waals surface area contributed by atoms with Crippen LogP contribution < -0.4 is 5.32 Å². The molecule has 1 atom stereocenters. The van der Waals surface area contributed by atoms with Gasteiger partial charge in [-0.2, -0.15) is 0 Å². The number of hydrogen-bond donors (Lipinski definition) is 1. The first-order valence-electron chi connectivity index (χ1n) is 8.86. The van der Waals surface area contributed by atoms with Crippen LogP contribution in [-0.4, -0.2) is 58.8 Å². The molecule has 1 N–H and O–H groups in total. The molecule has 1 amide bonds. The van der Waals surface area contributed by atoms with Crippen molar-refractivity contribution in [2.24, 2.45) is 0 Å². The molecule has 1 aromatic carbocycles. The zero-order chi connectivity index (χ0) is 19.9. The third-order valence-corrected chi connectivity index (χ3v) is 5.13. The van der Waals surface area contributed by atoms with Crippen molar-refractivity contribution in [2.75, 3.05) is 26.0 Å². The van der Waals surface area contributed by atoms with Crippen LogP contribution in [-0.2, 0) is 25.6 Å². The lowest BCUT2D eigenvalue weighted by Gasteiger charge is -2.14. The SMILES string of the molecule is CNC(=O)COC(=O)CSc1nnc(-c2ccc(F)cc2)n1C[C@@H]1CCCO1. The van der Waals surface area contributed by atoms with E-state index in [0.29, 0.717) is 24.1 Å². The van der Waals surface area contributed by atoms with E-state index in [1.54, 1.807) is 12.1 Å². The number of likely N-dealkylation sites (N-methyl/N-ethyl adjacent to an activating group) is 1. The van der Waals surface area contributed by atoms with Crippen molar-refractivity contribution in [3.05, 3.63) is 30.1 Å². The van der Waals surface area contributed by atoms with Gasteiger partial charge in [-0.1, -0.05) is 11.8 Å². The number of hydrogen-bond acceptors (Lipinski definition) is 7. The summed E-state index contributed by atoms with van der Waals surface area (Å²) in [6.45, 7) is 0.932. The standard InChI is InChI=1S/C18H21FN4O4S/c1-20-15(24)10-27-16(25)11-28-18-22-21-17(12-4-6-13(19)7-5-12)23(18)9-14-3-2-8-26-14/h4-7,14H,2-3,8-11H2,1H3,(H,20,24)/t14-/m0/s1. The summed E-state index contributed by atoms with van der Waals surface area (Å²) in [6, 6.07) is 6.00. The molecule has 2 heterocycles. The Morgan fingerprint density at radius 3 is 2.82 bits per heavy atom. The number of nitrogens with zero attached hydrogens (tertiary/aromatic N) is 3. The van der Waals surface area contributed by atoms with Crippen molar-refractivity contribution in [2.45, 2.75) is 30.6 Å². The van der Waals surface area contributed by atoms with Crippen LogP contribution in [0.5, 0.6) is 0 Å². The van der Waals surface area contributed by atoms with Crippen LogP contribution in [0.15, 0.2) is 29.4 Å². The average Bonchev–Trinajstić information content (AvgIpc) is 3.35. The van der Waals surface area contributed by atoms with Crippen molar-refractivity contribution < 1.29 is 23.5 Å². The molecule has 0 spiro atoms. The van der Waals surface area contributed by atoms with Gasteiger partial charge in [0.25, 0.3) is 5.91 Å². The molecule has 1 saturated heterocycles.